The van der Waals surface area contributed by atoms with Crippen LogP contribution in [0.3, 0.4) is 0 Å². The maximum atomic E-state index is 12.1. The third kappa shape index (κ3) is 6.18. The molecule has 0 unspecified atom stereocenters. The van der Waals surface area contributed by atoms with Gasteiger partial charge in [0.05, 0.1) is 5.56 Å². The fraction of sp³-hybridized carbons (Fsp3) is 0.211. The van der Waals surface area contributed by atoms with Crippen molar-refractivity contribution in [1.29, 1.82) is 0 Å². The highest BCUT2D eigenvalue weighted by Crippen LogP contribution is 2.14. The molecule has 27 heavy (non-hydrogen) atoms. The first-order valence-corrected chi connectivity index (χ1v) is 8.04. The van der Waals surface area contributed by atoms with E-state index >= 15 is 0 Å². The Bertz CT molecular complexity index is 804. The number of aryl methyl sites for hydroxylation is 1. The van der Waals surface area contributed by atoms with E-state index in [4.69, 9.17) is 4.74 Å². The number of hydrogen-bond acceptors (Lipinski definition) is 5. The Morgan fingerprint density at radius 2 is 1.56 bits per heavy atom. The number of benzene rings is 2. The van der Waals surface area contributed by atoms with E-state index in [9.17, 15) is 23.2 Å². The number of carbonyl (C=O) groups excluding carboxylic acids is 3. The molecule has 142 valence electrons. The first kappa shape index (κ1) is 20.0. The molecule has 0 aliphatic rings. The minimum atomic E-state index is -2.97. The van der Waals surface area contributed by atoms with Gasteiger partial charge in [-0.05, 0) is 48.4 Å². The highest BCUT2D eigenvalue weighted by molar-refractivity contribution is 6.05. The van der Waals surface area contributed by atoms with Gasteiger partial charge >= 0.3 is 12.6 Å². The van der Waals surface area contributed by atoms with E-state index in [1.807, 2.05) is 12.2 Å². The molecule has 0 spiro atoms. The summed E-state index contributed by atoms with van der Waals surface area (Å²) in [6.45, 7) is -1.63. The Balaban J connectivity index is 1.83. The van der Waals surface area contributed by atoms with Gasteiger partial charge in [-0.25, -0.2) is 4.79 Å². The summed E-state index contributed by atoms with van der Waals surface area (Å²) < 4.78 is 33.2. The van der Waals surface area contributed by atoms with E-state index < -0.39 is 31.0 Å². The summed E-state index contributed by atoms with van der Waals surface area (Å²) in [5.74, 6) is -2.37. The van der Waals surface area contributed by atoms with E-state index in [2.05, 4.69) is 4.74 Å². The van der Waals surface area contributed by atoms with Crippen LogP contribution in [0.25, 0.3) is 0 Å². The molecule has 0 aromatic heterocycles. The molecule has 6 nitrogen and oxygen atoms in total. The van der Waals surface area contributed by atoms with Crippen molar-refractivity contribution in [2.75, 3.05) is 6.61 Å². The van der Waals surface area contributed by atoms with Gasteiger partial charge in [0.25, 0.3) is 11.8 Å². The van der Waals surface area contributed by atoms with E-state index in [0.717, 1.165) is 12.0 Å². The molecule has 0 saturated heterocycles. The van der Waals surface area contributed by atoms with E-state index in [-0.39, 0.29) is 11.3 Å². The summed E-state index contributed by atoms with van der Waals surface area (Å²) in [4.78, 5) is 35.5. The first-order valence-electron chi connectivity index (χ1n) is 8.04. The Hall–Kier alpha value is -3.29. The maximum absolute atomic E-state index is 12.1. The van der Waals surface area contributed by atoms with Crippen LogP contribution in [0.15, 0.2) is 48.5 Å². The van der Waals surface area contributed by atoms with Crippen molar-refractivity contribution < 1.29 is 32.6 Å². The summed E-state index contributed by atoms with van der Waals surface area (Å²) in [5.41, 5.74) is 1.41. The monoisotopic (exact) mass is 377 g/mol. The van der Waals surface area contributed by atoms with Crippen LogP contribution in [-0.4, -0.2) is 31.0 Å². The zero-order chi connectivity index (χ0) is 19.8. The molecular weight excluding hydrogens is 360 g/mol. The average molecular weight is 377 g/mol. The van der Waals surface area contributed by atoms with Gasteiger partial charge in [0.15, 0.2) is 6.61 Å². The molecule has 2 amide bonds. The van der Waals surface area contributed by atoms with Crippen molar-refractivity contribution >= 4 is 17.8 Å². The molecule has 0 heterocycles. The van der Waals surface area contributed by atoms with Crippen molar-refractivity contribution in [1.82, 2.24) is 5.32 Å². The summed E-state index contributed by atoms with van der Waals surface area (Å²) in [6, 6.07) is 11.5. The predicted molar refractivity (Wildman–Crippen MR) is 91.6 cm³/mol. The van der Waals surface area contributed by atoms with Crippen LogP contribution < -0.4 is 10.1 Å². The molecule has 0 saturated carbocycles. The van der Waals surface area contributed by atoms with Gasteiger partial charge in [0.1, 0.15) is 5.75 Å². The molecule has 0 aliphatic heterocycles. The van der Waals surface area contributed by atoms with E-state index in [1.165, 1.54) is 24.3 Å². The van der Waals surface area contributed by atoms with Crippen molar-refractivity contribution in [2.45, 2.75) is 20.0 Å². The summed E-state index contributed by atoms with van der Waals surface area (Å²) in [7, 11) is 0. The van der Waals surface area contributed by atoms with Crippen molar-refractivity contribution in [3.8, 4) is 5.75 Å². The number of imide groups is 1. The van der Waals surface area contributed by atoms with Gasteiger partial charge in [-0.15, -0.1) is 0 Å². The number of alkyl halides is 2. The lowest BCUT2D eigenvalue weighted by Gasteiger charge is -2.07. The van der Waals surface area contributed by atoms with Crippen LogP contribution in [0.5, 0.6) is 5.75 Å². The molecule has 2 aromatic rings. The molecule has 2 rings (SSSR count). The van der Waals surface area contributed by atoms with Crippen LogP contribution in [-0.2, 0) is 16.0 Å². The summed E-state index contributed by atoms with van der Waals surface area (Å²) in [5, 5.41) is 2.04. The summed E-state index contributed by atoms with van der Waals surface area (Å²) >= 11 is 0. The molecule has 0 fully saturated rings. The topological polar surface area (TPSA) is 81.7 Å². The van der Waals surface area contributed by atoms with Gasteiger partial charge in [-0.3, -0.25) is 14.9 Å². The number of nitrogens with one attached hydrogen (secondary N) is 1. The normalized spacial score (nSPS) is 10.4. The van der Waals surface area contributed by atoms with Crippen LogP contribution in [0, 0.1) is 0 Å². The Kier molecular flexibility index (Phi) is 6.99. The SMILES string of the molecule is CCc1ccc(C(=O)OCC(=O)NC(=O)c2ccc(OC(F)F)cc2)cc1. The number of rotatable bonds is 7. The molecule has 0 radical (unpaired) electrons. The molecule has 0 atom stereocenters. The lowest BCUT2D eigenvalue weighted by atomic mass is 10.1. The minimum absolute atomic E-state index is 0.0615. The molecule has 8 heteroatoms. The second-order valence-electron chi connectivity index (χ2n) is 5.41. The molecular formula is C19H17F2NO5. The van der Waals surface area contributed by atoms with Gasteiger partial charge in [-0.2, -0.15) is 8.78 Å². The lowest BCUT2D eigenvalue weighted by Crippen LogP contribution is -2.34. The average Bonchev–Trinajstić information content (AvgIpc) is 2.66. The zero-order valence-corrected chi connectivity index (χ0v) is 14.4. The molecule has 1 N–H and O–H groups in total. The summed E-state index contributed by atoms with van der Waals surface area (Å²) in [6.07, 6.45) is 0.828. The van der Waals surface area contributed by atoms with Gasteiger partial charge in [0, 0.05) is 5.56 Å². The number of carbonyl (C=O) groups is 3. The van der Waals surface area contributed by atoms with E-state index in [0.29, 0.717) is 5.56 Å². The van der Waals surface area contributed by atoms with Gasteiger partial charge in [-0.1, -0.05) is 19.1 Å². The largest absolute Gasteiger partial charge is 0.452 e. The number of ether oxygens (including phenoxy) is 2. The van der Waals surface area contributed by atoms with Crippen molar-refractivity contribution in [3.63, 3.8) is 0 Å². The first-order chi connectivity index (χ1) is 12.9. The van der Waals surface area contributed by atoms with Gasteiger partial charge < -0.3 is 9.47 Å². The Labute approximate surface area is 154 Å². The fourth-order valence-corrected chi connectivity index (χ4v) is 2.11. The van der Waals surface area contributed by atoms with Crippen LogP contribution in [0.4, 0.5) is 8.78 Å². The highest BCUT2D eigenvalue weighted by atomic mass is 19.3. The minimum Gasteiger partial charge on any atom is -0.452 e. The lowest BCUT2D eigenvalue weighted by molar-refractivity contribution is -0.123. The van der Waals surface area contributed by atoms with Crippen molar-refractivity contribution in [2.24, 2.45) is 0 Å². The maximum Gasteiger partial charge on any atom is 0.387 e. The van der Waals surface area contributed by atoms with E-state index in [1.54, 1.807) is 24.3 Å². The fourth-order valence-electron chi connectivity index (χ4n) is 2.11. The van der Waals surface area contributed by atoms with Gasteiger partial charge in [0.2, 0.25) is 0 Å². The number of halogens is 2. The Morgan fingerprint density at radius 1 is 0.963 bits per heavy atom. The highest BCUT2D eigenvalue weighted by Gasteiger charge is 2.14. The molecule has 0 aliphatic carbocycles. The second-order valence-corrected chi connectivity index (χ2v) is 5.41. The predicted octanol–water partition coefficient (Wildman–Crippen LogP) is 2.96. The molecule has 0 bridgehead atoms. The smallest absolute Gasteiger partial charge is 0.387 e. The Morgan fingerprint density at radius 3 is 2.11 bits per heavy atom. The number of amides is 2. The van der Waals surface area contributed by atoms with Crippen LogP contribution >= 0.6 is 0 Å². The zero-order valence-electron chi connectivity index (χ0n) is 14.4. The quantitative estimate of drug-likeness (QED) is 0.751. The standard InChI is InChI=1S/C19H17F2NO5/c1-2-12-3-5-14(6-4-12)18(25)26-11-16(23)22-17(24)13-7-9-15(10-8-13)27-19(20)21/h3-10,19H,2,11H2,1H3,(H,22,23,24). The number of esters is 1. The molecule has 2 aromatic carbocycles. The third-order valence-electron chi connectivity index (χ3n) is 3.53. The number of hydrogen-bond donors (Lipinski definition) is 1. The second kappa shape index (κ2) is 9.42. The van der Waals surface area contributed by atoms with Crippen LogP contribution in [0.1, 0.15) is 33.2 Å². The van der Waals surface area contributed by atoms with Crippen LogP contribution in [0.2, 0.25) is 0 Å². The third-order valence-corrected chi connectivity index (χ3v) is 3.53. The van der Waals surface area contributed by atoms with Crippen molar-refractivity contribution in [3.05, 3.63) is 65.2 Å².